The molecule has 0 heterocycles. The summed E-state index contributed by atoms with van der Waals surface area (Å²) < 4.78 is 10.0. The molecule has 0 spiro atoms. The summed E-state index contributed by atoms with van der Waals surface area (Å²) in [7, 11) is -1.45. The predicted molar refractivity (Wildman–Crippen MR) is 27.7 cm³/mol. The normalized spacial score (nSPS) is 11.7. The predicted octanol–water partition coefficient (Wildman–Crippen LogP) is -1.85. The fourth-order valence-electron chi connectivity index (χ4n) is 0. The van der Waals surface area contributed by atoms with Gasteiger partial charge in [0, 0.05) is 0 Å². The van der Waals surface area contributed by atoms with E-state index in [0.29, 0.717) is 0 Å². The van der Waals surface area contributed by atoms with Gasteiger partial charge in [-0.3, -0.25) is 20.6 Å². The fourth-order valence-corrected chi connectivity index (χ4v) is 0. The molecule has 0 fully saturated rings. The van der Waals surface area contributed by atoms with Crippen molar-refractivity contribution in [2.75, 3.05) is 0 Å². The van der Waals surface area contributed by atoms with Crippen molar-refractivity contribution in [2.24, 2.45) is 11.0 Å². The topological polar surface area (TPSA) is 81.1 Å². The Balaban J connectivity index is 3.48. The van der Waals surface area contributed by atoms with Crippen LogP contribution in [0.2, 0.25) is 0 Å². The molecule has 0 unspecified atom stereocenters. The minimum Gasteiger partial charge on any atom is -0.290 e. The van der Waals surface area contributed by atoms with E-state index in [1.807, 2.05) is 0 Å². The van der Waals surface area contributed by atoms with E-state index in [4.69, 9.17) is 11.0 Å². The van der Waals surface area contributed by atoms with Crippen molar-refractivity contribution < 1.29 is 4.57 Å². The first-order valence-corrected chi connectivity index (χ1v) is 3.27. The molecular weight excluding hydrogens is 99.8 g/mol. The van der Waals surface area contributed by atoms with Crippen molar-refractivity contribution in [2.45, 2.75) is 0 Å². The van der Waals surface area contributed by atoms with Gasteiger partial charge in [-0.15, -0.1) is 0 Å². The monoisotopic (exact) mass is 107 g/mol. The van der Waals surface area contributed by atoms with E-state index in [0.717, 1.165) is 0 Å². The molecule has 4 nitrogen and oxygen atoms in total. The van der Waals surface area contributed by atoms with Crippen molar-refractivity contribution in [1.29, 1.82) is 0 Å². The van der Waals surface area contributed by atoms with E-state index in [2.05, 4.69) is 5.00 Å². The summed E-state index contributed by atoms with van der Waals surface area (Å²) in [4.78, 5) is 2.22. The lowest BCUT2D eigenvalue weighted by Crippen LogP contribution is -2.18. The highest BCUT2D eigenvalue weighted by molar-refractivity contribution is 7.58. The van der Waals surface area contributed by atoms with Gasteiger partial charge in [0.1, 0.15) is 0 Å². The minimum atomic E-state index is -2.90. The lowest BCUT2D eigenvalue weighted by atomic mass is 10.5. The zero-order valence-electron chi connectivity index (χ0n) is 3.51. The number of hydrogen-bond acceptors (Lipinski definition) is 1. The minimum absolute atomic E-state index is 1.45. The molecule has 0 aromatic carbocycles. The molecule has 0 atom stereocenters. The highest BCUT2D eigenvalue weighted by Gasteiger charge is 1.97. The maximum atomic E-state index is 10.0. The maximum Gasteiger partial charge on any atom is 0.262 e. The highest BCUT2D eigenvalue weighted by Crippen LogP contribution is 2.13. The molecule has 6 heavy (non-hydrogen) atoms. The van der Waals surface area contributed by atoms with E-state index in [1.54, 1.807) is 0 Å². The van der Waals surface area contributed by atoms with Crippen molar-refractivity contribution >= 4 is 15.6 Å². The first-order valence-electron chi connectivity index (χ1n) is 1.42. The van der Waals surface area contributed by atoms with Crippen LogP contribution in [0.1, 0.15) is 0 Å². The zero-order valence-corrected chi connectivity index (χ0v) is 4.40. The number of nitrogens with two attached hydrogens (primary N) is 2. The van der Waals surface area contributed by atoms with Crippen molar-refractivity contribution in [3.05, 3.63) is 0 Å². The van der Waals surface area contributed by atoms with E-state index in [-0.39, 0.29) is 0 Å². The molecular formula is H7BN3OP. The van der Waals surface area contributed by atoms with Crippen molar-refractivity contribution in [3.8, 4) is 0 Å². The Labute approximate surface area is 37.2 Å². The molecule has 0 aliphatic carbocycles. The molecule has 0 aliphatic heterocycles. The Bertz CT molecular complexity index is 74.9. The van der Waals surface area contributed by atoms with Crippen molar-refractivity contribution in [1.82, 2.24) is 5.00 Å². The average molecular weight is 107 g/mol. The first-order chi connectivity index (χ1) is 2.56. The third kappa shape index (κ3) is 4.17. The van der Waals surface area contributed by atoms with Gasteiger partial charge in [0.15, 0.2) is 7.98 Å². The van der Waals surface area contributed by atoms with Crippen LogP contribution >= 0.6 is 7.59 Å². The quantitative estimate of drug-likeness (QED) is 0.271. The molecule has 0 saturated carbocycles. The lowest BCUT2D eigenvalue weighted by molar-refractivity contribution is 0.575. The largest absolute Gasteiger partial charge is 0.290 e. The van der Waals surface area contributed by atoms with Gasteiger partial charge in [-0.25, -0.2) is 0 Å². The van der Waals surface area contributed by atoms with Gasteiger partial charge in [-0.05, 0) is 0 Å². The molecule has 0 aromatic heterocycles. The summed E-state index contributed by atoms with van der Waals surface area (Å²) in [6.07, 6.45) is 0. The Morgan fingerprint density at radius 1 is 1.67 bits per heavy atom. The molecule has 0 saturated heterocycles. The Kier molecular flexibility index (Phi) is 1.80. The van der Waals surface area contributed by atoms with E-state index >= 15 is 0 Å². The summed E-state index contributed by atoms with van der Waals surface area (Å²) in [5, 5.41) is 0. The average Bonchev–Trinajstić information content (AvgIpc) is 1.35. The van der Waals surface area contributed by atoms with Gasteiger partial charge >= 0.3 is 0 Å². The molecule has 0 aromatic rings. The molecule has 5 N–H and O–H groups in total. The summed E-state index contributed by atoms with van der Waals surface area (Å²) in [6, 6.07) is 0. The smallest absolute Gasteiger partial charge is 0.262 e. The summed E-state index contributed by atoms with van der Waals surface area (Å²) in [6.45, 7) is 0. The van der Waals surface area contributed by atoms with Crippen molar-refractivity contribution in [3.63, 3.8) is 0 Å². The SMILES string of the molecule is BNP(N)(N)=O. The molecule has 0 bridgehead atoms. The van der Waals surface area contributed by atoms with Crippen LogP contribution in [-0.4, -0.2) is 7.98 Å². The highest BCUT2D eigenvalue weighted by atomic mass is 31.2. The van der Waals surface area contributed by atoms with Crippen LogP contribution in [0.25, 0.3) is 0 Å². The van der Waals surface area contributed by atoms with Gasteiger partial charge in [-0.1, -0.05) is 0 Å². The maximum absolute atomic E-state index is 10.0. The van der Waals surface area contributed by atoms with Gasteiger partial charge in [0.25, 0.3) is 7.59 Å². The van der Waals surface area contributed by atoms with Gasteiger partial charge in [0.2, 0.25) is 0 Å². The molecule has 0 radical (unpaired) electrons. The number of nitrogens with one attached hydrogen (secondary N) is 1. The van der Waals surface area contributed by atoms with E-state index in [9.17, 15) is 4.57 Å². The summed E-state index contributed by atoms with van der Waals surface area (Å²) in [5.41, 5.74) is 9.51. The molecule has 36 valence electrons. The van der Waals surface area contributed by atoms with Crippen LogP contribution in [0, 0.1) is 0 Å². The molecule has 0 aliphatic rings. The number of hydrogen-bond donors (Lipinski definition) is 3. The second-order valence-corrected chi connectivity index (χ2v) is 2.80. The van der Waals surface area contributed by atoms with Crippen LogP contribution in [0.3, 0.4) is 0 Å². The second-order valence-electron chi connectivity index (χ2n) is 0.933. The van der Waals surface area contributed by atoms with E-state index < -0.39 is 7.59 Å². The van der Waals surface area contributed by atoms with Crippen LogP contribution in [0.15, 0.2) is 0 Å². The van der Waals surface area contributed by atoms with Crippen LogP contribution in [0.5, 0.6) is 0 Å². The molecule has 6 heteroatoms. The van der Waals surface area contributed by atoms with Crippen LogP contribution in [0.4, 0.5) is 0 Å². The van der Waals surface area contributed by atoms with E-state index in [1.165, 1.54) is 7.98 Å². The summed E-state index contributed by atoms with van der Waals surface area (Å²) >= 11 is 0. The Morgan fingerprint density at radius 2 is 1.83 bits per heavy atom. The molecule has 0 amide bonds. The zero-order chi connectivity index (χ0) is 5.21. The Hall–Kier alpha value is 0.175. The second kappa shape index (κ2) is 1.75. The van der Waals surface area contributed by atoms with Gasteiger partial charge < -0.3 is 0 Å². The van der Waals surface area contributed by atoms with Gasteiger partial charge in [0.05, 0.1) is 0 Å². The molecule has 0 rings (SSSR count). The standard InChI is InChI=1S/BH7N3OP/c1-4-6(2,3)5/h1H2,(H5,2,3,4,5). The summed E-state index contributed by atoms with van der Waals surface area (Å²) in [5.74, 6) is 0. The first kappa shape index (κ1) is 6.17. The third-order valence-electron chi connectivity index (χ3n) is 0.349. The Morgan fingerprint density at radius 3 is 1.83 bits per heavy atom. The van der Waals surface area contributed by atoms with Crippen LogP contribution in [-0.2, 0) is 4.57 Å². The fraction of sp³-hybridized carbons (Fsp3) is 0. The number of rotatable bonds is 1. The third-order valence-corrected chi connectivity index (χ3v) is 1.05. The lowest BCUT2D eigenvalue weighted by Gasteiger charge is -1.99. The van der Waals surface area contributed by atoms with Crippen LogP contribution < -0.4 is 16.0 Å². The van der Waals surface area contributed by atoms with Gasteiger partial charge in [-0.2, -0.15) is 0 Å².